The Morgan fingerprint density at radius 3 is 1.90 bits per heavy atom. The van der Waals surface area contributed by atoms with Gasteiger partial charge in [0.05, 0.1) is 15.8 Å². The van der Waals surface area contributed by atoms with Gasteiger partial charge in [-0.2, -0.15) is 21.4 Å². The lowest BCUT2D eigenvalue weighted by molar-refractivity contribution is -0.433. The zero-order valence-corrected chi connectivity index (χ0v) is 42.2. The highest BCUT2D eigenvalue weighted by Crippen LogP contribution is 2.45. The summed E-state index contributed by atoms with van der Waals surface area (Å²) < 4.78 is 162. The molecule has 1 atom stereocenters. The van der Waals surface area contributed by atoms with Gasteiger partial charge in [-0.25, -0.2) is 13.2 Å². The normalized spacial score (nSPS) is 17.8. The molecule has 73 heavy (non-hydrogen) atoms. The minimum atomic E-state index is -5.08. The Bertz CT molecular complexity index is 3950. The van der Waals surface area contributed by atoms with Crippen LogP contribution >= 0.6 is 0 Å². The molecule has 0 bridgehead atoms. The van der Waals surface area contributed by atoms with Gasteiger partial charge in [-0.15, -0.1) is 30.3 Å². The maximum atomic E-state index is 14.4. The quantitative estimate of drug-likeness (QED) is 0.0695. The topological polar surface area (TPSA) is 369 Å². The average molecular weight is 1110 g/mol. The molecule has 29 heteroatoms. The molecule has 3 amide bonds. The lowest BCUT2D eigenvalue weighted by Crippen LogP contribution is -2.51. The van der Waals surface area contributed by atoms with Crippen molar-refractivity contribution in [2.24, 2.45) is 5.41 Å². The summed E-state index contributed by atoms with van der Waals surface area (Å²) in [5, 5.41) is 5.10. The fourth-order valence-electron chi connectivity index (χ4n) is 9.12. The number of allylic oxidation sites excluding steroid dienone is 6. The van der Waals surface area contributed by atoms with E-state index in [4.69, 9.17) is 30.1 Å². The van der Waals surface area contributed by atoms with Gasteiger partial charge < -0.3 is 19.3 Å². The van der Waals surface area contributed by atoms with Crippen molar-refractivity contribution < 1.29 is 92.8 Å². The van der Waals surface area contributed by atoms with Gasteiger partial charge in [-0.05, 0) is 75.1 Å². The molecule has 0 radical (unpaired) electrons. The summed E-state index contributed by atoms with van der Waals surface area (Å²) in [7, 11) is -21.1. The highest BCUT2D eigenvalue weighted by atomic mass is 32.2. The molecule has 1 saturated heterocycles. The molecule has 3 aliphatic rings. The van der Waals surface area contributed by atoms with Gasteiger partial charge in [0.25, 0.3) is 21.9 Å². The van der Waals surface area contributed by atoms with Gasteiger partial charge in [-0.1, -0.05) is 48.6 Å². The second kappa shape index (κ2) is 21.2. The SMILES string of the molecule is CCNC(=O)C1(C(=O)ON2C(=O)CCC2=O)CC(=CC=c2c3cccc4c(S(=O)(=O)[O-])ccc(c43)n2CC)C=C(C=CC2=[N+](CC)c3c(S(=O)(=O)O)cc(S(=O)(=O)O)c4cccc2c34)C1.O=S(=O)=O.O=S(=O)=O. The van der Waals surface area contributed by atoms with Crippen LogP contribution in [0.1, 0.15) is 52.0 Å². The summed E-state index contributed by atoms with van der Waals surface area (Å²) in [5.41, 5.74) is -0.139. The number of carbonyl (C=O) groups excluding carboxylic acids is 4. The number of hydrogen-bond donors (Lipinski definition) is 3. The Labute approximate surface area is 417 Å². The van der Waals surface area contributed by atoms with Crippen molar-refractivity contribution in [1.82, 2.24) is 14.9 Å². The van der Waals surface area contributed by atoms with Crippen molar-refractivity contribution in [2.45, 2.75) is 67.7 Å². The third-order valence-corrected chi connectivity index (χ3v) is 14.5. The van der Waals surface area contributed by atoms with Crippen LogP contribution in [0, 0.1) is 5.41 Å². The van der Waals surface area contributed by atoms with E-state index >= 15 is 0 Å². The Balaban J connectivity index is 0.00000101. The molecule has 386 valence electrons. The fourth-order valence-corrected chi connectivity index (χ4v) is 11.3. The first-order valence-electron chi connectivity index (χ1n) is 21.3. The number of aromatic nitrogens is 1. The number of aryl methyl sites for hydroxylation is 1. The van der Waals surface area contributed by atoms with Crippen LogP contribution in [0.2, 0.25) is 0 Å². The van der Waals surface area contributed by atoms with Crippen LogP contribution in [0.25, 0.3) is 38.5 Å². The number of nitrogens with zero attached hydrogens (tertiary/aromatic N) is 3. The first kappa shape index (κ1) is 55.2. The van der Waals surface area contributed by atoms with Crippen molar-refractivity contribution >= 4 is 125 Å². The molecule has 8 rings (SSSR count). The van der Waals surface area contributed by atoms with Crippen LogP contribution in [-0.2, 0) is 82.1 Å². The highest BCUT2D eigenvalue weighted by Gasteiger charge is 2.52. The molecule has 0 spiro atoms. The fraction of sp³-hybridized carbons (Fsp3) is 0.250. The van der Waals surface area contributed by atoms with Gasteiger partial charge in [0.1, 0.15) is 21.6 Å². The van der Waals surface area contributed by atoms with E-state index in [1.807, 2.05) is 11.5 Å². The van der Waals surface area contributed by atoms with Crippen LogP contribution in [0.4, 0.5) is 5.69 Å². The van der Waals surface area contributed by atoms with Gasteiger partial charge in [-0.3, -0.25) is 23.5 Å². The first-order valence-corrected chi connectivity index (χ1v) is 27.6. The number of amides is 3. The Morgan fingerprint density at radius 2 is 1.36 bits per heavy atom. The summed E-state index contributed by atoms with van der Waals surface area (Å²) in [4.78, 5) is 57.6. The Morgan fingerprint density at radius 1 is 0.781 bits per heavy atom. The number of carbonyl (C=O) groups is 4. The average Bonchev–Trinajstić information content (AvgIpc) is 3.91. The third kappa shape index (κ3) is 11.1. The minimum absolute atomic E-state index is 0.0230. The van der Waals surface area contributed by atoms with Crippen LogP contribution < -0.4 is 10.7 Å². The molecule has 2 aliphatic heterocycles. The lowest BCUT2D eigenvalue weighted by atomic mass is 9.71. The van der Waals surface area contributed by atoms with Crippen LogP contribution in [0.3, 0.4) is 0 Å². The molecule has 4 aromatic carbocycles. The number of rotatable bonds is 12. The van der Waals surface area contributed by atoms with Crippen LogP contribution in [-0.4, -0.2) is 121 Å². The second-order valence-corrected chi connectivity index (χ2v) is 21.0. The number of benzene rings is 4. The van der Waals surface area contributed by atoms with E-state index in [9.17, 15) is 58.1 Å². The molecule has 1 aromatic heterocycles. The maximum Gasteiger partial charge on any atom is 0.425 e. The van der Waals surface area contributed by atoms with Crippen molar-refractivity contribution in [2.75, 3.05) is 13.1 Å². The van der Waals surface area contributed by atoms with Crippen LogP contribution in [0.5, 0.6) is 0 Å². The van der Waals surface area contributed by atoms with E-state index in [2.05, 4.69) is 5.32 Å². The van der Waals surface area contributed by atoms with Crippen LogP contribution in [0.15, 0.2) is 105 Å². The van der Waals surface area contributed by atoms with Gasteiger partial charge in [0, 0.05) is 64.4 Å². The molecule has 0 saturated carbocycles. The highest BCUT2D eigenvalue weighted by molar-refractivity contribution is 7.87. The second-order valence-electron chi connectivity index (χ2n) is 16.0. The zero-order chi connectivity index (χ0) is 54.1. The predicted molar refractivity (Wildman–Crippen MR) is 253 cm³/mol. The molecule has 5 aromatic rings. The summed E-state index contributed by atoms with van der Waals surface area (Å²) in [5.74, 6) is -3.51. The number of nitrogens with one attached hydrogen (secondary N) is 1. The smallest absolute Gasteiger partial charge is 0.425 e. The molecule has 1 unspecified atom stereocenters. The monoisotopic (exact) mass is 1100 g/mol. The molecule has 3 N–H and O–H groups in total. The van der Waals surface area contributed by atoms with E-state index in [1.165, 1.54) is 22.8 Å². The molecule has 24 nitrogen and oxygen atoms in total. The Hall–Kier alpha value is -7.12. The maximum absolute atomic E-state index is 14.4. The van der Waals surface area contributed by atoms with Crippen molar-refractivity contribution in [3.63, 3.8) is 0 Å². The lowest BCUT2D eigenvalue weighted by Gasteiger charge is -2.34. The van der Waals surface area contributed by atoms with E-state index in [0.717, 1.165) is 0 Å². The zero-order valence-electron chi connectivity index (χ0n) is 38.2. The van der Waals surface area contributed by atoms with Gasteiger partial charge >= 0.3 is 37.3 Å². The summed E-state index contributed by atoms with van der Waals surface area (Å²) in [6.07, 6.45) is 7.15. The first-order chi connectivity index (χ1) is 34.1. The summed E-state index contributed by atoms with van der Waals surface area (Å²) >= 11 is 0. The molecule has 3 heterocycles. The molecule has 1 aliphatic carbocycles. The predicted octanol–water partition coefficient (Wildman–Crippen LogP) is 1.96. The van der Waals surface area contributed by atoms with Gasteiger partial charge in [0.15, 0.2) is 10.3 Å². The van der Waals surface area contributed by atoms with E-state index in [1.54, 1.807) is 74.6 Å². The molecular formula is C44H40N4O20S5. The molecule has 1 fully saturated rings. The number of hydroxylamine groups is 2. The summed E-state index contributed by atoms with van der Waals surface area (Å²) in [6.45, 7) is 5.77. The largest absolute Gasteiger partial charge is 0.744 e. The van der Waals surface area contributed by atoms with E-state index < -0.39 is 90.5 Å². The standard InChI is InChI=1S/C44H40N4O14S3.2O3S/c1-4-45-42(51)44(43(52)62-48-37(49)19-20-38(48)50)23-25(13-15-31-27-9-7-11-29-34(63(53,54)55)18-17-33(39(27)29)46(31)5-2)21-26(24-44)14-16-32-28-10-8-12-30-35(64(56,57)58)22-36(65(59,60)61)41(40(28)30)47(32)6-3;2*1-4(2)3/h7-18,21-22H,4-6,19-20,23-24H2,1-3H3,(H3-,45,51,53,54,55,56,57,58,59,60,61);;. The van der Waals surface area contributed by atoms with E-state index in [-0.39, 0.29) is 65.5 Å². The number of imide groups is 1. The van der Waals surface area contributed by atoms with Crippen molar-refractivity contribution in [3.8, 4) is 0 Å². The summed E-state index contributed by atoms with van der Waals surface area (Å²) in [6, 6.07) is 12.9. The number of hydrogen-bond acceptors (Lipinski definition) is 18. The third-order valence-electron chi connectivity index (χ3n) is 11.8. The van der Waals surface area contributed by atoms with Gasteiger partial charge in [0.2, 0.25) is 17.3 Å². The minimum Gasteiger partial charge on any atom is -0.744 e. The van der Waals surface area contributed by atoms with Crippen molar-refractivity contribution in [3.05, 3.63) is 101 Å². The Kier molecular flexibility index (Phi) is 16.0. The van der Waals surface area contributed by atoms with E-state index in [0.29, 0.717) is 61.7 Å². The van der Waals surface area contributed by atoms with Crippen molar-refractivity contribution in [1.29, 1.82) is 0 Å². The molecular weight excluding hydrogens is 1060 g/mol.